The van der Waals surface area contributed by atoms with Crippen LogP contribution in [0.15, 0.2) is 53.5 Å². The molecule has 0 amide bonds. The lowest BCUT2D eigenvalue weighted by atomic mass is 10.00. The SMILES string of the molecule is CN1CCN=C(c2ccccc2)c2cc(O)ccc21. The number of hydrogen-bond donors (Lipinski definition) is 1. The number of hydrogen-bond acceptors (Lipinski definition) is 3. The summed E-state index contributed by atoms with van der Waals surface area (Å²) in [6.07, 6.45) is 0. The molecular weight excluding hydrogens is 236 g/mol. The molecule has 96 valence electrons. The van der Waals surface area contributed by atoms with Crippen LogP contribution in [-0.2, 0) is 0 Å². The van der Waals surface area contributed by atoms with Crippen molar-refractivity contribution in [3.63, 3.8) is 0 Å². The first-order valence-electron chi connectivity index (χ1n) is 6.40. The third kappa shape index (κ3) is 2.19. The Morgan fingerprint density at radius 1 is 1.11 bits per heavy atom. The van der Waals surface area contributed by atoms with E-state index in [1.54, 1.807) is 12.1 Å². The second-order valence-electron chi connectivity index (χ2n) is 4.72. The van der Waals surface area contributed by atoms with Crippen LogP contribution in [-0.4, -0.2) is 31.0 Å². The molecule has 0 saturated heterocycles. The first-order chi connectivity index (χ1) is 9.25. The van der Waals surface area contributed by atoms with E-state index in [2.05, 4.69) is 24.1 Å². The Morgan fingerprint density at radius 2 is 1.89 bits per heavy atom. The lowest BCUT2D eigenvalue weighted by molar-refractivity contribution is 0.475. The van der Waals surface area contributed by atoms with Crippen LogP contribution in [0.2, 0.25) is 0 Å². The summed E-state index contributed by atoms with van der Waals surface area (Å²) in [7, 11) is 2.05. The van der Waals surface area contributed by atoms with Gasteiger partial charge in [0.1, 0.15) is 5.75 Å². The van der Waals surface area contributed by atoms with Gasteiger partial charge in [0.15, 0.2) is 0 Å². The van der Waals surface area contributed by atoms with Crippen LogP contribution in [0.3, 0.4) is 0 Å². The molecule has 0 atom stereocenters. The van der Waals surface area contributed by atoms with E-state index in [9.17, 15) is 5.11 Å². The highest BCUT2D eigenvalue weighted by atomic mass is 16.3. The van der Waals surface area contributed by atoms with Crippen molar-refractivity contribution >= 4 is 11.4 Å². The average Bonchev–Trinajstić information content (AvgIpc) is 2.59. The molecule has 2 aromatic carbocycles. The fraction of sp³-hybridized carbons (Fsp3) is 0.188. The fourth-order valence-electron chi connectivity index (χ4n) is 2.41. The van der Waals surface area contributed by atoms with Crippen molar-refractivity contribution < 1.29 is 5.11 Å². The Labute approximate surface area is 112 Å². The molecule has 3 rings (SSSR count). The van der Waals surface area contributed by atoms with Crippen LogP contribution in [0, 0.1) is 0 Å². The number of aromatic hydroxyl groups is 1. The van der Waals surface area contributed by atoms with Crippen molar-refractivity contribution in [2.45, 2.75) is 0 Å². The highest BCUT2D eigenvalue weighted by Gasteiger charge is 2.17. The van der Waals surface area contributed by atoms with Gasteiger partial charge < -0.3 is 10.0 Å². The number of nitrogens with zero attached hydrogens (tertiary/aromatic N) is 2. The Hall–Kier alpha value is -2.29. The first-order valence-corrected chi connectivity index (χ1v) is 6.40. The maximum absolute atomic E-state index is 9.76. The molecule has 1 aliphatic heterocycles. The lowest BCUT2D eigenvalue weighted by Crippen LogP contribution is -2.20. The number of anilines is 1. The smallest absolute Gasteiger partial charge is 0.116 e. The highest BCUT2D eigenvalue weighted by molar-refractivity contribution is 6.16. The summed E-state index contributed by atoms with van der Waals surface area (Å²) in [6.45, 7) is 1.64. The minimum atomic E-state index is 0.276. The maximum atomic E-state index is 9.76. The van der Waals surface area contributed by atoms with E-state index < -0.39 is 0 Å². The van der Waals surface area contributed by atoms with Gasteiger partial charge in [-0.3, -0.25) is 4.99 Å². The number of phenolic OH excluding ortho intramolecular Hbond substituents is 1. The summed E-state index contributed by atoms with van der Waals surface area (Å²) in [4.78, 5) is 6.86. The van der Waals surface area contributed by atoms with Crippen molar-refractivity contribution in [2.75, 3.05) is 25.0 Å². The Balaban J connectivity index is 2.18. The molecule has 0 unspecified atom stereocenters. The maximum Gasteiger partial charge on any atom is 0.116 e. The highest BCUT2D eigenvalue weighted by Crippen LogP contribution is 2.28. The van der Waals surface area contributed by atoms with E-state index in [0.29, 0.717) is 0 Å². The Morgan fingerprint density at radius 3 is 2.68 bits per heavy atom. The second-order valence-corrected chi connectivity index (χ2v) is 4.72. The minimum absolute atomic E-state index is 0.276. The largest absolute Gasteiger partial charge is 0.508 e. The third-order valence-electron chi connectivity index (χ3n) is 3.40. The normalized spacial score (nSPS) is 14.6. The van der Waals surface area contributed by atoms with Gasteiger partial charge in [-0.15, -0.1) is 0 Å². The zero-order chi connectivity index (χ0) is 13.2. The van der Waals surface area contributed by atoms with E-state index in [1.165, 1.54) is 0 Å². The molecule has 3 nitrogen and oxygen atoms in total. The van der Waals surface area contributed by atoms with Crippen LogP contribution < -0.4 is 4.90 Å². The van der Waals surface area contributed by atoms with Gasteiger partial charge in [0.2, 0.25) is 0 Å². The topological polar surface area (TPSA) is 35.8 Å². The monoisotopic (exact) mass is 252 g/mol. The van der Waals surface area contributed by atoms with Crippen molar-refractivity contribution in [1.29, 1.82) is 0 Å². The van der Waals surface area contributed by atoms with Gasteiger partial charge in [0.25, 0.3) is 0 Å². The zero-order valence-corrected chi connectivity index (χ0v) is 10.9. The first kappa shape index (κ1) is 11.8. The number of benzodiazepines with no additional fused rings is 1. The molecule has 1 heterocycles. The van der Waals surface area contributed by atoms with E-state index in [1.807, 2.05) is 24.3 Å². The molecule has 0 aromatic heterocycles. The Bertz CT molecular complexity index is 620. The van der Waals surface area contributed by atoms with Gasteiger partial charge >= 0.3 is 0 Å². The van der Waals surface area contributed by atoms with Gasteiger partial charge in [0, 0.05) is 30.4 Å². The van der Waals surface area contributed by atoms with Gasteiger partial charge in [-0.05, 0) is 18.2 Å². The fourth-order valence-corrected chi connectivity index (χ4v) is 2.41. The zero-order valence-electron chi connectivity index (χ0n) is 10.9. The molecule has 0 aliphatic carbocycles. The predicted molar refractivity (Wildman–Crippen MR) is 78.3 cm³/mol. The summed E-state index contributed by atoms with van der Waals surface area (Å²) in [5, 5.41) is 9.76. The van der Waals surface area contributed by atoms with Gasteiger partial charge in [-0.2, -0.15) is 0 Å². The summed E-state index contributed by atoms with van der Waals surface area (Å²) < 4.78 is 0. The van der Waals surface area contributed by atoms with Crippen LogP contribution in [0.5, 0.6) is 5.75 Å². The molecule has 0 saturated carbocycles. The summed E-state index contributed by atoms with van der Waals surface area (Å²) >= 11 is 0. The molecule has 1 aliphatic rings. The standard InChI is InChI=1S/C16H16N2O/c1-18-10-9-17-16(12-5-3-2-4-6-12)14-11-13(19)7-8-15(14)18/h2-8,11,19H,9-10H2,1H3. The van der Waals surface area contributed by atoms with Gasteiger partial charge in [-0.1, -0.05) is 30.3 Å². The van der Waals surface area contributed by atoms with Crippen molar-refractivity contribution in [1.82, 2.24) is 0 Å². The molecule has 19 heavy (non-hydrogen) atoms. The molecule has 0 spiro atoms. The molecule has 2 aromatic rings. The van der Waals surface area contributed by atoms with Crippen molar-refractivity contribution in [3.05, 3.63) is 59.7 Å². The minimum Gasteiger partial charge on any atom is -0.508 e. The van der Waals surface area contributed by atoms with Crippen LogP contribution in [0.25, 0.3) is 0 Å². The molecular formula is C16H16N2O. The molecule has 1 N–H and O–H groups in total. The van der Waals surface area contributed by atoms with Crippen molar-refractivity contribution in [2.24, 2.45) is 4.99 Å². The van der Waals surface area contributed by atoms with Crippen LogP contribution >= 0.6 is 0 Å². The Kier molecular flexibility index (Phi) is 2.95. The summed E-state index contributed by atoms with van der Waals surface area (Å²) in [6, 6.07) is 15.6. The van der Waals surface area contributed by atoms with Gasteiger partial charge in [0.05, 0.1) is 12.3 Å². The number of aliphatic imine (C=N–C) groups is 1. The number of benzene rings is 2. The number of phenols is 1. The average molecular weight is 252 g/mol. The van der Waals surface area contributed by atoms with E-state index in [4.69, 9.17) is 4.99 Å². The summed E-state index contributed by atoms with van der Waals surface area (Å²) in [5.41, 5.74) is 4.14. The van der Waals surface area contributed by atoms with Crippen LogP contribution in [0.4, 0.5) is 5.69 Å². The van der Waals surface area contributed by atoms with Crippen LogP contribution in [0.1, 0.15) is 11.1 Å². The molecule has 0 bridgehead atoms. The summed E-state index contributed by atoms with van der Waals surface area (Å²) in [5.74, 6) is 0.276. The lowest BCUT2D eigenvalue weighted by Gasteiger charge is -2.19. The number of rotatable bonds is 1. The van der Waals surface area contributed by atoms with E-state index in [0.717, 1.165) is 35.6 Å². The molecule has 0 radical (unpaired) electrons. The van der Waals surface area contributed by atoms with E-state index >= 15 is 0 Å². The molecule has 0 fully saturated rings. The third-order valence-corrected chi connectivity index (χ3v) is 3.40. The number of likely N-dealkylation sites (N-methyl/N-ethyl adjacent to an activating group) is 1. The molecule has 3 heteroatoms. The quantitative estimate of drug-likeness (QED) is 0.847. The predicted octanol–water partition coefficient (Wildman–Crippen LogP) is 2.68. The van der Waals surface area contributed by atoms with Gasteiger partial charge in [-0.25, -0.2) is 0 Å². The number of fused-ring (bicyclic) bond motifs is 1. The van der Waals surface area contributed by atoms with Crippen molar-refractivity contribution in [3.8, 4) is 5.75 Å². The second kappa shape index (κ2) is 4.76. The van der Waals surface area contributed by atoms with E-state index in [-0.39, 0.29) is 5.75 Å².